The van der Waals surface area contributed by atoms with Gasteiger partial charge < -0.3 is 4.74 Å². The molecule has 0 spiro atoms. The van der Waals surface area contributed by atoms with Crippen LogP contribution in [0.3, 0.4) is 0 Å². The van der Waals surface area contributed by atoms with Crippen molar-refractivity contribution in [1.82, 2.24) is 0 Å². The molecule has 0 radical (unpaired) electrons. The number of rotatable bonds is 1. The molecule has 0 bridgehead atoms. The molecule has 0 saturated carbocycles. The van der Waals surface area contributed by atoms with Gasteiger partial charge in [0.1, 0.15) is 16.8 Å². The zero-order valence-corrected chi connectivity index (χ0v) is 7.64. The predicted octanol–water partition coefficient (Wildman–Crippen LogP) is 2.53. The molecule has 0 heterocycles. The Labute approximate surface area is 76.3 Å². The average molecular weight is 182 g/mol. The van der Waals surface area contributed by atoms with Crippen molar-refractivity contribution in [3.63, 3.8) is 0 Å². The van der Waals surface area contributed by atoms with Gasteiger partial charge in [-0.15, -0.1) is 0 Å². The van der Waals surface area contributed by atoms with E-state index in [1.807, 2.05) is 19.1 Å². The third-order valence-corrected chi connectivity index (χ3v) is 1.99. The van der Waals surface area contributed by atoms with Crippen LogP contribution in [-0.4, -0.2) is 7.11 Å². The van der Waals surface area contributed by atoms with Gasteiger partial charge in [-0.05, 0) is 18.6 Å². The Morgan fingerprint density at radius 1 is 1.50 bits per heavy atom. The average Bonchev–Trinajstić information content (AvgIpc) is 2.06. The highest BCUT2D eigenvalue weighted by Gasteiger charge is 2.08. The highest BCUT2D eigenvalue weighted by atomic mass is 35.5. The van der Waals surface area contributed by atoms with E-state index in [-0.39, 0.29) is 0 Å². The number of ether oxygens (including phenoxy) is 1. The van der Waals surface area contributed by atoms with Crippen LogP contribution < -0.4 is 4.74 Å². The van der Waals surface area contributed by atoms with E-state index >= 15 is 0 Å². The number of hydrogen-bond donors (Lipinski definition) is 0. The maximum atomic E-state index is 8.64. The quantitative estimate of drug-likeness (QED) is 0.667. The Balaban J connectivity index is 3.36. The van der Waals surface area contributed by atoms with Crippen molar-refractivity contribution in [3.05, 3.63) is 28.3 Å². The first-order chi connectivity index (χ1) is 5.70. The van der Waals surface area contributed by atoms with E-state index in [0.29, 0.717) is 16.3 Å². The van der Waals surface area contributed by atoms with Gasteiger partial charge in [0.05, 0.1) is 12.7 Å². The van der Waals surface area contributed by atoms with Gasteiger partial charge in [-0.2, -0.15) is 5.26 Å². The zero-order chi connectivity index (χ0) is 9.14. The summed E-state index contributed by atoms with van der Waals surface area (Å²) in [5.41, 5.74) is 1.38. The number of nitriles is 1. The predicted molar refractivity (Wildman–Crippen MR) is 47.5 cm³/mol. The molecule has 1 rings (SSSR count). The largest absolute Gasteiger partial charge is 0.495 e. The molecule has 0 aliphatic heterocycles. The normalized spacial score (nSPS) is 9.17. The number of benzene rings is 1. The standard InChI is InChI=1S/C9H8ClNO/c1-6-3-4-7(5-11)8(10)9(6)12-2/h3-4H,1-2H3. The summed E-state index contributed by atoms with van der Waals surface area (Å²) in [6, 6.07) is 5.47. The van der Waals surface area contributed by atoms with E-state index < -0.39 is 0 Å². The van der Waals surface area contributed by atoms with Gasteiger partial charge in [0.15, 0.2) is 0 Å². The molecule has 0 fully saturated rings. The van der Waals surface area contributed by atoms with Gasteiger partial charge >= 0.3 is 0 Å². The number of methoxy groups -OCH3 is 1. The molecule has 1 aromatic carbocycles. The second-order valence-electron chi connectivity index (χ2n) is 2.39. The summed E-state index contributed by atoms with van der Waals surface area (Å²) in [5, 5.41) is 9.03. The molecule has 0 aliphatic carbocycles. The number of nitrogens with zero attached hydrogens (tertiary/aromatic N) is 1. The summed E-state index contributed by atoms with van der Waals surface area (Å²) in [6.45, 7) is 1.88. The number of aryl methyl sites for hydroxylation is 1. The van der Waals surface area contributed by atoms with Gasteiger partial charge in [-0.25, -0.2) is 0 Å². The van der Waals surface area contributed by atoms with E-state index in [2.05, 4.69) is 0 Å². The molecular formula is C9H8ClNO. The maximum absolute atomic E-state index is 8.64. The Morgan fingerprint density at radius 3 is 2.67 bits per heavy atom. The smallest absolute Gasteiger partial charge is 0.141 e. The molecule has 0 atom stereocenters. The lowest BCUT2D eigenvalue weighted by Gasteiger charge is -2.06. The van der Waals surface area contributed by atoms with Gasteiger partial charge in [-0.1, -0.05) is 17.7 Å². The SMILES string of the molecule is COc1c(C)ccc(C#N)c1Cl. The summed E-state index contributed by atoms with van der Waals surface area (Å²) in [7, 11) is 1.54. The lowest BCUT2D eigenvalue weighted by Crippen LogP contribution is -1.90. The fraction of sp³-hybridized carbons (Fsp3) is 0.222. The fourth-order valence-corrected chi connectivity index (χ4v) is 1.32. The Kier molecular flexibility index (Phi) is 2.57. The van der Waals surface area contributed by atoms with Crippen LogP contribution in [0, 0.1) is 18.3 Å². The van der Waals surface area contributed by atoms with Crippen LogP contribution >= 0.6 is 11.6 Å². The van der Waals surface area contributed by atoms with Crippen molar-refractivity contribution < 1.29 is 4.74 Å². The molecule has 12 heavy (non-hydrogen) atoms. The van der Waals surface area contributed by atoms with Crippen LogP contribution in [-0.2, 0) is 0 Å². The van der Waals surface area contributed by atoms with Crippen LogP contribution in [0.15, 0.2) is 12.1 Å². The second kappa shape index (κ2) is 3.46. The monoisotopic (exact) mass is 181 g/mol. The van der Waals surface area contributed by atoms with E-state index in [4.69, 9.17) is 21.6 Å². The third kappa shape index (κ3) is 1.37. The van der Waals surface area contributed by atoms with Gasteiger partial charge in [0.25, 0.3) is 0 Å². The Morgan fingerprint density at radius 2 is 2.17 bits per heavy atom. The van der Waals surface area contributed by atoms with Crippen LogP contribution in [0.5, 0.6) is 5.75 Å². The molecule has 0 amide bonds. The maximum Gasteiger partial charge on any atom is 0.141 e. The summed E-state index contributed by atoms with van der Waals surface area (Å²) in [6.07, 6.45) is 0. The molecule has 0 aromatic heterocycles. The van der Waals surface area contributed by atoms with Gasteiger partial charge in [0, 0.05) is 0 Å². The highest BCUT2D eigenvalue weighted by molar-refractivity contribution is 6.33. The molecule has 62 valence electrons. The minimum atomic E-state index is 0.389. The van der Waals surface area contributed by atoms with Crippen LogP contribution in [0.25, 0.3) is 0 Å². The third-order valence-electron chi connectivity index (χ3n) is 1.62. The first-order valence-electron chi connectivity index (χ1n) is 3.44. The summed E-state index contributed by atoms with van der Waals surface area (Å²) in [5.74, 6) is 0.579. The summed E-state index contributed by atoms with van der Waals surface area (Å²) in [4.78, 5) is 0. The molecule has 0 saturated heterocycles. The lowest BCUT2D eigenvalue weighted by molar-refractivity contribution is 0.412. The Bertz CT molecular complexity index is 341. The van der Waals surface area contributed by atoms with Crippen molar-refractivity contribution in [3.8, 4) is 11.8 Å². The molecule has 3 heteroatoms. The molecular weight excluding hydrogens is 174 g/mol. The molecule has 2 nitrogen and oxygen atoms in total. The van der Waals surface area contributed by atoms with Crippen LogP contribution in [0.1, 0.15) is 11.1 Å². The van der Waals surface area contributed by atoms with Crippen molar-refractivity contribution in [2.45, 2.75) is 6.92 Å². The van der Waals surface area contributed by atoms with Crippen molar-refractivity contribution in [2.24, 2.45) is 0 Å². The van der Waals surface area contributed by atoms with E-state index in [1.165, 1.54) is 7.11 Å². The highest BCUT2D eigenvalue weighted by Crippen LogP contribution is 2.30. The molecule has 1 aromatic rings. The fourth-order valence-electron chi connectivity index (χ4n) is 0.990. The number of hydrogen-bond acceptors (Lipinski definition) is 2. The first kappa shape index (κ1) is 8.89. The Hall–Kier alpha value is -1.20. The number of halogens is 1. The summed E-state index contributed by atoms with van der Waals surface area (Å²) >= 11 is 5.87. The lowest BCUT2D eigenvalue weighted by atomic mass is 10.1. The van der Waals surface area contributed by atoms with Gasteiger partial charge in [-0.3, -0.25) is 0 Å². The topological polar surface area (TPSA) is 33.0 Å². The van der Waals surface area contributed by atoms with E-state index in [0.717, 1.165) is 5.56 Å². The van der Waals surface area contributed by atoms with Crippen LogP contribution in [0.2, 0.25) is 5.02 Å². The van der Waals surface area contributed by atoms with Crippen molar-refractivity contribution in [2.75, 3.05) is 7.11 Å². The first-order valence-corrected chi connectivity index (χ1v) is 3.81. The van der Waals surface area contributed by atoms with Crippen molar-refractivity contribution >= 4 is 11.6 Å². The minimum Gasteiger partial charge on any atom is -0.495 e. The van der Waals surface area contributed by atoms with E-state index in [1.54, 1.807) is 6.07 Å². The molecule has 0 aliphatic rings. The van der Waals surface area contributed by atoms with Crippen molar-refractivity contribution in [1.29, 1.82) is 5.26 Å². The van der Waals surface area contributed by atoms with Gasteiger partial charge in [0.2, 0.25) is 0 Å². The van der Waals surface area contributed by atoms with E-state index in [9.17, 15) is 0 Å². The minimum absolute atomic E-state index is 0.389. The second-order valence-corrected chi connectivity index (χ2v) is 2.77. The molecule has 0 unspecified atom stereocenters. The van der Waals surface area contributed by atoms with Crippen LogP contribution in [0.4, 0.5) is 0 Å². The summed E-state index contributed by atoms with van der Waals surface area (Å²) < 4.78 is 5.04. The molecule has 0 N–H and O–H groups in total. The zero-order valence-electron chi connectivity index (χ0n) is 6.89.